The molecule has 1 heterocycles. The summed E-state index contributed by atoms with van der Waals surface area (Å²) in [7, 11) is 0. The zero-order chi connectivity index (χ0) is 16.8. The number of thiophene rings is 1. The maximum atomic E-state index is 13.6. The summed E-state index contributed by atoms with van der Waals surface area (Å²) in [6, 6.07) is 2.78. The van der Waals surface area contributed by atoms with Gasteiger partial charge in [0, 0.05) is 25.7 Å². The van der Waals surface area contributed by atoms with Gasteiger partial charge in [0.25, 0.3) is 0 Å². The molecule has 0 aromatic carbocycles. The maximum Gasteiger partial charge on any atom is 0.389 e. The minimum Gasteiger partial charge on any atom is -0.300 e. The van der Waals surface area contributed by atoms with E-state index in [1.807, 2.05) is 0 Å². The van der Waals surface area contributed by atoms with Crippen LogP contribution >= 0.6 is 11.3 Å². The zero-order valence-corrected chi connectivity index (χ0v) is 12.4. The lowest BCUT2D eigenvalue weighted by Crippen LogP contribution is -2.28. The molecule has 0 aliphatic rings. The summed E-state index contributed by atoms with van der Waals surface area (Å²) in [5.74, 6) is -5.34. The summed E-state index contributed by atoms with van der Waals surface area (Å²) < 4.78 is 62.9. The lowest BCUT2D eigenvalue weighted by molar-refractivity contribution is -0.137. The van der Waals surface area contributed by atoms with Gasteiger partial charge in [0.1, 0.15) is 5.78 Å². The van der Waals surface area contributed by atoms with E-state index in [9.17, 15) is 31.5 Å². The van der Waals surface area contributed by atoms with Crippen LogP contribution in [-0.4, -0.2) is 23.7 Å². The molecule has 124 valence electrons. The Kier molecular flexibility index (Phi) is 6.65. The maximum absolute atomic E-state index is 13.6. The monoisotopic (exact) mass is 342 g/mol. The van der Waals surface area contributed by atoms with E-state index in [0.29, 0.717) is 0 Å². The molecule has 0 aliphatic heterocycles. The van der Waals surface area contributed by atoms with E-state index < -0.39 is 36.5 Å². The van der Waals surface area contributed by atoms with Gasteiger partial charge >= 0.3 is 12.1 Å². The fourth-order valence-corrected chi connectivity index (χ4v) is 2.54. The average molecular weight is 342 g/mol. The van der Waals surface area contributed by atoms with Gasteiger partial charge in [-0.15, -0.1) is 11.3 Å². The highest BCUT2D eigenvalue weighted by atomic mass is 32.1. The first-order valence-corrected chi connectivity index (χ1v) is 7.54. The van der Waals surface area contributed by atoms with Crippen molar-refractivity contribution in [1.82, 2.24) is 0 Å². The van der Waals surface area contributed by atoms with Crippen molar-refractivity contribution in [1.29, 1.82) is 0 Å². The van der Waals surface area contributed by atoms with E-state index in [1.54, 1.807) is 0 Å². The molecule has 0 radical (unpaired) electrons. The lowest BCUT2D eigenvalue weighted by Gasteiger charge is -2.13. The number of rotatable bonds is 9. The standard InChI is InChI=1S/C14H15F5O2S/c15-13(16,12(21)11-6-3-9-22-11)7-1-4-10(20)5-2-8-14(17,18)19/h3,6,9H,1-2,4-5,7-8H2. The topological polar surface area (TPSA) is 34.1 Å². The van der Waals surface area contributed by atoms with Gasteiger partial charge < -0.3 is 0 Å². The molecule has 0 amide bonds. The van der Waals surface area contributed by atoms with E-state index in [0.717, 1.165) is 11.3 Å². The van der Waals surface area contributed by atoms with Gasteiger partial charge in [-0.25, -0.2) is 0 Å². The van der Waals surface area contributed by atoms with Gasteiger partial charge in [-0.2, -0.15) is 22.0 Å². The van der Waals surface area contributed by atoms with Crippen molar-refractivity contribution in [2.45, 2.75) is 50.6 Å². The number of Topliss-reactive ketones (excluding diaryl/α,β-unsaturated/α-hetero) is 2. The molecule has 0 bridgehead atoms. The number of carbonyl (C=O) groups excluding carboxylic acids is 2. The van der Waals surface area contributed by atoms with Crippen LogP contribution in [0.4, 0.5) is 22.0 Å². The first-order chi connectivity index (χ1) is 10.1. The van der Waals surface area contributed by atoms with Crippen molar-refractivity contribution in [2.75, 3.05) is 0 Å². The quantitative estimate of drug-likeness (QED) is 0.465. The Hall–Kier alpha value is -1.31. The smallest absolute Gasteiger partial charge is 0.300 e. The lowest BCUT2D eigenvalue weighted by atomic mass is 10.0. The highest BCUT2D eigenvalue weighted by molar-refractivity contribution is 7.12. The van der Waals surface area contributed by atoms with Gasteiger partial charge in [-0.3, -0.25) is 9.59 Å². The summed E-state index contributed by atoms with van der Waals surface area (Å²) in [5, 5.41) is 1.51. The van der Waals surface area contributed by atoms with Crippen molar-refractivity contribution < 1.29 is 31.5 Å². The molecule has 8 heteroatoms. The molecule has 0 atom stereocenters. The largest absolute Gasteiger partial charge is 0.389 e. The molecule has 1 rings (SSSR count). The first kappa shape index (κ1) is 18.7. The molecule has 0 saturated heterocycles. The molecule has 0 fully saturated rings. The number of alkyl halides is 5. The molecule has 1 aromatic heterocycles. The predicted octanol–water partition coefficient (Wildman–Crippen LogP) is 5.04. The third-order valence-electron chi connectivity index (χ3n) is 2.94. The fourth-order valence-electron chi connectivity index (χ4n) is 1.82. The van der Waals surface area contributed by atoms with Gasteiger partial charge in [0.15, 0.2) is 0 Å². The molecule has 0 unspecified atom stereocenters. The van der Waals surface area contributed by atoms with Crippen LogP contribution in [-0.2, 0) is 4.79 Å². The Morgan fingerprint density at radius 3 is 2.09 bits per heavy atom. The molecule has 1 aromatic rings. The number of halogens is 5. The van der Waals surface area contributed by atoms with Crippen LogP contribution in [0.15, 0.2) is 17.5 Å². The SMILES string of the molecule is O=C(CCCC(F)(F)F)CCCC(F)(F)C(=O)c1cccs1. The van der Waals surface area contributed by atoms with Crippen molar-refractivity contribution in [3.63, 3.8) is 0 Å². The van der Waals surface area contributed by atoms with Crippen molar-refractivity contribution in [3.05, 3.63) is 22.4 Å². The molecular formula is C14H15F5O2S. The van der Waals surface area contributed by atoms with E-state index in [1.165, 1.54) is 17.5 Å². The van der Waals surface area contributed by atoms with E-state index >= 15 is 0 Å². The molecule has 0 N–H and O–H groups in total. The Labute approximate surface area is 128 Å². The van der Waals surface area contributed by atoms with Crippen molar-refractivity contribution >= 4 is 22.9 Å². The molecule has 0 saturated carbocycles. The number of hydrogen-bond donors (Lipinski definition) is 0. The number of carbonyl (C=O) groups is 2. The van der Waals surface area contributed by atoms with Crippen molar-refractivity contribution in [2.24, 2.45) is 0 Å². The van der Waals surface area contributed by atoms with E-state index in [-0.39, 0.29) is 30.6 Å². The van der Waals surface area contributed by atoms with Crippen LogP contribution in [0.1, 0.15) is 48.2 Å². The van der Waals surface area contributed by atoms with Gasteiger partial charge in [-0.05, 0) is 24.3 Å². The zero-order valence-electron chi connectivity index (χ0n) is 11.6. The van der Waals surface area contributed by atoms with E-state index in [4.69, 9.17) is 0 Å². The summed E-state index contributed by atoms with van der Waals surface area (Å²) in [4.78, 5) is 22.8. The minimum absolute atomic E-state index is 0.0542. The first-order valence-electron chi connectivity index (χ1n) is 6.66. The summed E-state index contributed by atoms with van der Waals surface area (Å²) in [6.45, 7) is 0. The second-order valence-electron chi connectivity index (χ2n) is 4.87. The molecule has 0 aliphatic carbocycles. The van der Waals surface area contributed by atoms with Crippen LogP contribution in [0.3, 0.4) is 0 Å². The average Bonchev–Trinajstić information content (AvgIpc) is 2.89. The predicted molar refractivity (Wildman–Crippen MR) is 72.4 cm³/mol. The van der Waals surface area contributed by atoms with E-state index in [2.05, 4.69) is 0 Å². The van der Waals surface area contributed by atoms with Gasteiger partial charge in [0.2, 0.25) is 5.78 Å². The Bertz CT molecular complexity index is 494. The highest BCUT2D eigenvalue weighted by Crippen LogP contribution is 2.28. The van der Waals surface area contributed by atoms with Crippen LogP contribution in [0.2, 0.25) is 0 Å². The molecule has 22 heavy (non-hydrogen) atoms. The number of hydrogen-bond acceptors (Lipinski definition) is 3. The Balaban J connectivity index is 2.30. The summed E-state index contributed by atoms with van der Waals surface area (Å²) in [6.07, 6.45) is -7.27. The Morgan fingerprint density at radius 1 is 1.00 bits per heavy atom. The van der Waals surface area contributed by atoms with Crippen LogP contribution in [0, 0.1) is 0 Å². The normalized spacial score (nSPS) is 12.4. The van der Waals surface area contributed by atoms with Gasteiger partial charge in [-0.1, -0.05) is 6.07 Å². The second kappa shape index (κ2) is 7.80. The fraction of sp³-hybridized carbons (Fsp3) is 0.571. The second-order valence-corrected chi connectivity index (χ2v) is 5.82. The Morgan fingerprint density at radius 2 is 1.59 bits per heavy atom. The number of ketones is 2. The van der Waals surface area contributed by atoms with Crippen LogP contribution < -0.4 is 0 Å². The van der Waals surface area contributed by atoms with Crippen LogP contribution in [0.5, 0.6) is 0 Å². The molecule has 2 nitrogen and oxygen atoms in total. The molecular weight excluding hydrogens is 327 g/mol. The third kappa shape index (κ3) is 6.64. The molecule has 0 spiro atoms. The third-order valence-corrected chi connectivity index (χ3v) is 3.81. The van der Waals surface area contributed by atoms with Gasteiger partial charge in [0.05, 0.1) is 4.88 Å². The van der Waals surface area contributed by atoms with Crippen LogP contribution in [0.25, 0.3) is 0 Å². The van der Waals surface area contributed by atoms with Crippen molar-refractivity contribution in [3.8, 4) is 0 Å². The summed E-state index contributed by atoms with van der Waals surface area (Å²) >= 11 is 0.908. The summed E-state index contributed by atoms with van der Waals surface area (Å²) in [5.41, 5.74) is 0. The minimum atomic E-state index is -4.32. The highest BCUT2D eigenvalue weighted by Gasteiger charge is 2.39.